The van der Waals surface area contributed by atoms with Gasteiger partial charge in [0.1, 0.15) is 0 Å². The topological polar surface area (TPSA) is 69.6 Å². The highest BCUT2D eigenvalue weighted by atomic mass is 16.3. The molecule has 56 heavy (non-hydrogen) atoms. The molecule has 3 N–H and O–H groups in total. The van der Waals surface area contributed by atoms with Crippen LogP contribution in [0.4, 0.5) is 0 Å². The van der Waals surface area contributed by atoms with Crippen LogP contribution in [0.3, 0.4) is 0 Å². The molecule has 0 aliphatic carbocycles. The van der Waals surface area contributed by atoms with Crippen LogP contribution in [0.5, 0.6) is 0 Å². The zero-order chi connectivity index (χ0) is 40.7. The van der Waals surface area contributed by atoms with E-state index in [2.05, 4.69) is 19.2 Å². The van der Waals surface area contributed by atoms with Gasteiger partial charge in [-0.25, -0.2) is 0 Å². The third kappa shape index (κ3) is 44.5. The molecular formula is C52H105NO3. The average Bonchev–Trinajstić information content (AvgIpc) is 3.20. The molecule has 0 aliphatic heterocycles. The molecule has 0 saturated carbocycles. The average molecular weight is 792 g/mol. The summed E-state index contributed by atoms with van der Waals surface area (Å²) in [6.07, 6.45) is 60.8. The van der Waals surface area contributed by atoms with Crippen molar-refractivity contribution in [1.82, 2.24) is 5.32 Å². The number of amides is 1. The van der Waals surface area contributed by atoms with Crippen LogP contribution in [0.2, 0.25) is 0 Å². The second-order valence-electron chi connectivity index (χ2n) is 18.3. The lowest BCUT2D eigenvalue weighted by Crippen LogP contribution is -2.45. The highest BCUT2D eigenvalue weighted by molar-refractivity contribution is 5.76. The fourth-order valence-electron chi connectivity index (χ4n) is 8.60. The summed E-state index contributed by atoms with van der Waals surface area (Å²) in [5.41, 5.74) is 0. The van der Waals surface area contributed by atoms with Crippen molar-refractivity contribution in [3.8, 4) is 0 Å². The highest BCUT2D eigenvalue weighted by Gasteiger charge is 2.20. The van der Waals surface area contributed by atoms with E-state index in [1.165, 1.54) is 257 Å². The molecule has 0 aromatic rings. The number of carbonyl (C=O) groups excluding carboxylic acids is 1. The maximum atomic E-state index is 12.4. The first-order chi connectivity index (χ1) is 27.7. The molecule has 0 radical (unpaired) electrons. The molecule has 0 bridgehead atoms. The molecule has 0 saturated heterocycles. The van der Waals surface area contributed by atoms with Gasteiger partial charge in [0.25, 0.3) is 0 Å². The van der Waals surface area contributed by atoms with Gasteiger partial charge in [-0.2, -0.15) is 0 Å². The summed E-state index contributed by atoms with van der Waals surface area (Å²) in [5.74, 6) is -0.0238. The zero-order valence-corrected chi connectivity index (χ0v) is 38.7. The molecule has 2 unspecified atom stereocenters. The molecule has 0 heterocycles. The minimum absolute atomic E-state index is 0.0238. The number of aliphatic hydroxyl groups excluding tert-OH is 2. The number of nitrogens with one attached hydrogen (secondary N) is 1. The van der Waals surface area contributed by atoms with Crippen LogP contribution in [0, 0.1) is 0 Å². The number of hydrogen-bond donors (Lipinski definition) is 3. The Balaban J connectivity index is 3.37. The van der Waals surface area contributed by atoms with E-state index in [-0.39, 0.29) is 12.5 Å². The van der Waals surface area contributed by atoms with E-state index in [9.17, 15) is 15.0 Å². The smallest absolute Gasteiger partial charge is 0.220 e. The number of hydrogen-bond acceptors (Lipinski definition) is 3. The van der Waals surface area contributed by atoms with Crippen LogP contribution in [0.25, 0.3) is 0 Å². The van der Waals surface area contributed by atoms with Crippen molar-refractivity contribution in [1.29, 1.82) is 0 Å². The number of aliphatic hydroxyl groups is 2. The van der Waals surface area contributed by atoms with Gasteiger partial charge in [-0.05, 0) is 12.8 Å². The summed E-state index contributed by atoms with van der Waals surface area (Å²) in [6.45, 7) is 4.39. The molecule has 4 nitrogen and oxygen atoms in total. The second-order valence-corrected chi connectivity index (χ2v) is 18.3. The Hall–Kier alpha value is -0.610. The molecule has 336 valence electrons. The van der Waals surface area contributed by atoms with E-state index in [4.69, 9.17) is 0 Å². The van der Waals surface area contributed by atoms with Gasteiger partial charge in [0.05, 0.1) is 18.8 Å². The third-order valence-corrected chi connectivity index (χ3v) is 12.6. The molecule has 0 rings (SSSR count). The summed E-state index contributed by atoms with van der Waals surface area (Å²) in [5, 5.41) is 23.2. The van der Waals surface area contributed by atoms with Gasteiger partial charge in [-0.15, -0.1) is 0 Å². The van der Waals surface area contributed by atoms with Crippen molar-refractivity contribution in [3.63, 3.8) is 0 Å². The summed E-state index contributed by atoms with van der Waals surface area (Å²) in [6, 6.07) is -0.530. The van der Waals surface area contributed by atoms with Gasteiger partial charge in [0.15, 0.2) is 0 Å². The maximum absolute atomic E-state index is 12.4. The van der Waals surface area contributed by atoms with E-state index in [1.807, 2.05) is 0 Å². The van der Waals surface area contributed by atoms with Crippen LogP contribution in [0.1, 0.15) is 309 Å². The number of rotatable bonds is 49. The van der Waals surface area contributed by atoms with Crippen LogP contribution < -0.4 is 5.32 Å². The van der Waals surface area contributed by atoms with Crippen molar-refractivity contribution < 1.29 is 15.0 Å². The largest absolute Gasteiger partial charge is 0.394 e. The van der Waals surface area contributed by atoms with Gasteiger partial charge in [0, 0.05) is 6.42 Å². The Kier molecular flexibility index (Phi) is 48.2. The summed E-state index contributed by atoms with van der Waals surface area (Å²) < 4.78 is 0. The Morgan fingerprint density at radius 1 is 0.357 bits per heavy atom. The molecule has 0 fully saturated rings. The summed E-state index contributed by atoms with van der Waals surface area (Å²) >= 11 is 0. The standard InChI is InChI=1S/C52H105NO3/c1-3-5-7-9-11-13-15-17-19-20-21-22-23-24-25-26-27-28-29-30-31-32-33-34-36-38-40-42-44-46-48-52(56)53-50(49-54)51(55)47-45-43-41-39-37-35-18-16-14-12-10-8-6-4-2/h50-51,54-55H,3-49H2,1-2H3,(H,53,56). The number of unbranched alkanes of at least 4 members (excludes halogenated alkanes) is 42. The predicted molar refractivity (Wildman–Crippen MR) is 249 cm³/mol. The molecular weight excluding hydrogens is 687 g/mol. The fraction of sp³-hybridized carbons (Fsp3) is 0.981. The van der Waals surface area contributed by atoms with Gasteiger partial charge >= 0.3 is 0 Å². The lowest BCUT2D eigenvalue weighted by atomic mass is 10.0. The van der Waals surface area contributed by atoms with Crippen LogP contribution >= 0.6 is 0 Å². The molecule has 0 aromatic carbocycles. The first-order valence-electron chi connectivity index (χ1n) is 26.2. The van der Waals surface area contributed by atoms with E-state index in [0.717, 1.165) is 25.7 Å². The first kappa shape index (κ1) is 55.4. The Bertz CT molecular complexity index is 729. The van der Waals surface area contributed by atoms with E-state index in [0.29, 0.717) is 12.8 Å². The Morgan fingerprint density at radius 3 is 0.804 bits per heavy atom. The molecule has 0 aliphatic rings. The van der Waals surface area contributed by atoms with Crippen molar-refractivity contribution in [2.24, 2.45) is 0 Å². The van der Waals surface area contributed by atoms with Gasteiger partial charge in [-0.1, -0.05) is 290 Å². The third-order valence-electron chi connectivity index (χ3n) is 12.6. The van der Waals surface area contributed by atoms with Crippen molar-refractivity contribution >= 4 is 5.91 Å². The van der Waals surface area contributed by atoms with Crippen molar-refractivity contribution in [3.05, 3.63) is 0 Å². The van der Waals surface area contributed by atoms with Gasteiger partial charge in [-0.3, -0.25) is 4.79 Å². The van der Waals surface area contributed by atoms with E-state index >= 15 is 0 Å². The lowest BCUT2D eigenvalue weighted by molar-refractivity contribution is -0.123. The zero-order valence-electron chi connectivity index (χ0n) is 38.7. The lowest BCUT2D eigenvalue weighted by Gasteiger charge is -2.22. The molecule has 2 atom stereocenters. The normalized spacial score (nSPS) is 12.7. The van der Waals surface area contributed by atoms with Crippen molar-refractivity contribution in [2.45, 2.75) is 321 Å². The molecule has 1 amide bonds. The quantitative estimate of drug-likeness (QED) is 0.0538. The fourth-order valence-corrected chi connectivity index (χ4v) is 8.60. The predicted octanol–water partition coefficient (Wildman–Crippen LogP) is 16.8. The van der Waals surface area contributed by atoms with Crippen LogP contribution in [-0.4, -0.2) is 34.9 Å². The second kappa shape index (κ2) is 48.8. The Morgan fingerprint density at radius 2 is 0.571 bits per heavy atom. The van der Waals surface area contributed by atoms with Crippen LogP contribution in [0.15, 0.2) is 0 Å². The number of carbonyl (C=O) groups is 1. The summed E-state index contributed by atoms with van der Waals surface area (Å²) in [7, 11) is 0. The SMILES string of the molecule is CCCCCCCCCCCCCCCCCCCCCCCCCCCCCCCCC(=O)NC(CO)C(O)CCCCCCCCCCCCCCCC. The van der Waals surface area contributed by atoms with E-state index < -0.39 is 12.1 Å². The van der Waals surface area contributed by atoms with Gasteiger partial charge in [0.2, 0.25) is 5.91 Å². The van der Waals surface area contributed by atoms with Gasteiger partial charge < -0.3 is 15.5 Å². The first-order valence-corrected chi connectivity index (χ1v) is 26.2. The highest BCUT2D eigenvalue weighted by Crippen LogP contribution is 2.18. The monoisotopic (exact) mass is 792 g/mol. The minimum Gasteiger partial charge on any atom is -0.394 e. The molecule has 0 aromatic heterocycles. The maximum Gasteiger partial charge on any atom is 0.220 e. The van der Waals surface area contributed by atoms with Crippen LogP contribution in [-0.2, 0) is 4.79 Å². The Labute approximate surface area is 353 Å². The van der Waals surface area contributed by atoms with E-state index in [1.54, 1.807) is 0 Å². The summed E-state index contributed by atoms with van der Waals surface area (Å²) in [4.78, 5) is 12.4. The molecule has 0 spiro atoms. The van der Waals surface area contributed by atoms with Crippen molar-refractivity contribution in [2.75, 3.05) is 6.61 Å². The minimum atomic E-state index is -0.653. The molecule has 4 heteroatoms.